The molecular formula is C26H35N3O8. The Morgan fingerprint density at radius 2 is 1.08 bits per heavy atom. The van der Waals surface area contributed by atoms with E-state index in [0.717, 1.165) is 5.56 Å². The van der Waals surface area contributed by atoms with Gasteiger partial charge in [-0.15, -0.1) is 0 Å². The van der Waals surface area contributed by atoms with Crippen molar-refractivity contribution in [2.75, 3.05) is 5.32 Å². The highest BCUT2D eigenvalue weighted by molar-refractivity contribution is 6.42. The Balaban J connectivity index is 0. The maximum Gasteiger partial charge on any atom is 0.320 e. The standard InChI is InChI=1S/C12H14N2O4.C12H13NO4.2CH4/c1-7(15)11(16)14-9-4-2-8(3-5-9)6-10(13)12(17)18;1-7(14)11(15)9-4-2-8(3-5-9)6-10(13)12(16)17;;/h2-5,10H,6,13H2,1H3,(H,14,16)(H,17,18);2-5,10H,6,13H2,1H3,(H,16,17);2*1H4. The number of nitrogens with one attached hydrogen (secondary N) is 1. The summed E-state index contributed by atoms with van der Waals surface area (Å²) in [4.78, 5) is 65.1. The maximum absolute atomic E-state index is 11.3. The zero-order valence-electron chi connectivity index (χ0n) is 19.2. The molecule has 1 amide bonds. The molecule has 0 heterocycles. The van der Waals surface area contributed by atoms with E-state index in [0.29, 0.717) is 16.8 Å². The number of anilines is 1. The number of carboxylic acid groups (broad SMARTS) is 2. The number of benzene rings is 2. The van der Waals surface area contributed by atoms with E-state index >= 15 is 0 Å². The van der Waals surface area contributed by atoms with Gasteiger partial charge in [0.25, 0.3) is 5.91 Å². The number of carboxylic acids is 2. The van der Waals surface area contributed by atoms with Gasteiger partial charge in [-0.3, -0.25) is 28.8 Å². The van der Waals surface area contributed by atoms with Crippen LogP contribution in [0.2, 0.25) is 0 Å². The molecule has 7 N–H and O–H groups in total. The second-order valence-corrected chi connectivity index (χ2v) is 7.59. The van der Waals surface area contributed by atoms with Crippen molar-refractivity contribution in [2.24, 2.45) is 11.5 Å². The highest BCUT2D eigenvalue weighted by Gasteiger charge is 2.14. The monoisotopic (exact) mass is 517 g/mol. The van der Waals surface area contributed by atoms with Gasteiger partial charge in [0.15, 0.2) is 5.78 Å². The first-order valence-electron chi connectivity index (χ1n) is 10.3. The summed E-state index contributed by atoms with van der Waals surface area (Å²) in [5.74, 6) is -4.49. The fourth-order valence-corrected chi connectivity index (χ4v) is 2.62. The van der Waals surface area contributed by atoms with E-state index in [4.69, 9.17) is 21.7 Å². The summed E-state index contributed by atoms with van der Waals surface area (Å²) in [6.07, 6.45) is 0.389. The lowest BCUT2D eigenvalue weighted by atomic mass is 10.0. The summed E-state index contributed by atoms with van der Waals surface area (Å²) in [7, 11) is 0. The molecule has 2 unspecified atom stereocenters. The van der Waals surface area contributed by atoms with Gasteiger partial charge in [0, 0.05) is 25.1 Å². The summed E-state index contributed by atoms with van der Waals surface area (Å²) in [5, 5.41) is 19.7. The van der Waals surface area contributed by atoms with Gasteiger partial charge in [-0.2, -0.15) is 0 Å². The number of ketones is 3. The molecular weight excluding hydrogens is 482 g/mol. The minimum Gasteiger partial charge on any atom is -0.480 e. The molecule has 2 aromatic carbocycles. The van der Waals surface area contributed by atoms with Gasteiger partial charge in [0.05, 0.1) is 0 Å². The number of nitrogens with two attached hydrogens (primary N) is 2. The number of hydrogen-bond acceptors (Lipinski definition) is 8. The first-order chi connectivity index (χ1) is 16.3. The highest BCUT2D eigenvalue weighted by Crippen LogP contribution is 2.11. The molecule has 0 fully saturated rings. The first kappa shape index (κ1) is 34.9. The lowest BCUT2D eigenvalue weighted by Gasteiger charge is -2.07. The van der Waals surface area contributed by atoms with E-state index in [1.165, 1.54) is 26.0 Å². The Bertz CT molecular complexity index is 1100. The number of aliphatic carboxylic acids is 2. The van der Waals surface area contributed by atoms with Gasteiger partial charge < -0.3 is 27.0 Å². The van der Waals surface area contributed by atoms with Crippen LogP contribution < -0.4 is 16.8 Å². The van der Waals surface area contributed by atoms with Gasteiger partial charge in [-0.25, -0.2) is 0 Å². The molecule has 2 rings (SSSR count). The molecule has 0 saturated carbocycles. The van der Waals surface area contributed by atoms with E-state index in [9.17, 15) is 28.8 Å². The Kier molecular flexibility index (Phi) is 15.5. The number of Topliss-reactive ketones (excluding diaryl/α,β-unsaturated/α-hetero) is 3. The van der Waals surface area contributed by atoms with Crippen molar-refractivity contribution in [3.63, 3.8) is 0 Å². The molecule has 0 spiro atoms. The average Bonchev–Trinajstić information content (AvgIpc) is 2.80. The first-order valence-corrected chi connectivity index (χ1v) is 10.3. The molecule has 2 atom stereocenters. The van der Waals surface area contributed by atoms with E-state index < -0.39 is 47.3 Å². The van der Waals surface area contributed by atoms with Crippen LogP contribution in [0.25, 0.3) is 0 Å². The van der Waals surface area contributed by atoms with Crippen LogP contribution in [0, 0.1) is 0 Å². The number of hydrogen-bond donors (Lipinski definition) is 5. The molecule has 11 nitrogen and oxygen atoms in total. The third-order valence-corrected chi connectivity index (χ3v) is 4.61. The van der Waals surface area contributed by atoms with E-state index in [1.807, 2.05) is 0 Å². The van der Waals surface area contributed by atoms with Crippen LogP contribution in [0.4, 0.5) is 5.69 Å². The highest BCUT2D eigenvalue weighted by atomic mass is 16.4. The van der Waals surface area contributed by atoms with Crippen LogP contribution in [-0.2, 0) is 36.8 Å². The molecule has 0 aliphatic rings. The Morgan fingerprint density at radius 1 is 0.703 bits per heavy atom. The van der Waals surface area contributed by atoms with Gasteiger partial charge in [0.2, 0.25) is 11.6 Å². The summed E-state index contributed by atoms with van der Waals surface area (Å²) in [6.45, 7) is 2.38. The van der Waals surface area contributed by atoms with Crippen molar-refractivity contribution in [2.45, 2.75) is 53.6 Å². The zero-order valence-corrected chi connectivity index (χ0v) is 19.2. The number of carbonyl (C=O) groups excluding carboxylic acids is 4. The SMILES string of the molecule is C.C.CC(=O)C(=O)Nc1ccc(CC(N)C(=O)O)cc1.CC(=O)C(=O)c1ccc(CC(N)C(=O)O)cc1. The predicted molar refractivity (Wildman–Crippen MR) is 139 cm³/mol. The van der Waals surface area contributed by atoms with Crippen LogP contribution in [0.3, 0.4) is 0 Å². The lowest BCUT2D eigenvalue weighted by Crippen LogP contribution is -2.32. The van der Waals surface area contributed by atoms with Crippen LogP contribution in [0.5, 0.6) is 0 Å². The molecule has 0 bridgehead atoms. The molecule has 11 heteroatoms. The van der Waals surface area contributed by atoms with Gasteiger partial charge in [-0.05, 0) is 36.1 Å². The van der Waals surface area contributed by atoms with Crippen molar-refractivity contribution in [1.29, 1.82) is 0 Å². The third-order valence-electron chi connectivity index (χ3n) is 4.61. The van der Waals surface area contributed by atoms with E-state index in [-0.39, 0.29) is 27.7 Å². The lowest BCUT2D eigenvalue weighted by molar-refractivity contribution is -0.139. The molecule has 2 aromatic rings. The minimum absolute atomic E-state index is 0. The summed E-state index contributed by atoms with van der Waals surface area (Å²) >= 11 is 0. The molecule has 37 heavy (non-hydrogen) atoms. The Labute approximate surface area is 215 Å². The van der Waals surface area contributed by atoms with Crippen molar-refractivity contribution in [3.8, 4) is 0 Å². The fourth-order valence-electron chi connectivity index (χ4n) is 2.62. The molecule has 0 aliphatic heterocycles. The Morgan fingerprint density at radius 3 is 1.41 bits per heavy atom. The quantitative estimate of drug-likeness (QED) is 0.228. The second kappa shape index (κ2) is 16.5. The third kappa shape index (κ3) is 12.3. The van der Waals surface area contributed by atoms with E-state index in [2.05, 4.69) is 5.32 Å². The minimum atomic E-state index is -1.08. The van der Waals surface area contributed by atoms with Gasteiger partial charge >= 0.3 is 11.9 Å². The largest absolute Gasteiger partial charge is 0.480 e. The molecule has 0 aliphatic carbocycles. The van der Waals surface area contributed by atoms with E-state index in [1.54, 1.807) is 36.4 Å². The van der Waals surface area contributed by atoms with Crippen LogP contribution >= 0.6 is 0 Å². The molecule has 0 radical (unpaired) electrons. The van der Waals surface area contributed by atoms with Crippen molar-refractivity contribution < 1.29 is 39.0 Å². The van der Waals surface area contributed by atoms with Crippen molar-refractivity contribution >= 4 is 40.9 Å². The topological polar surface area (TPSA) is 207 Å². The number of rotatable bonds is 10. The normalized spacial score (nSPS) is 11.1. The smallest absolute Gasteiger partial charge is 0.320 e. The fraction of sp³-hybridized carbons (Fsp3) is 0.308. The number of amides is 1. The summed E-state index contributed by atoms with van der Waals surface area (Å²) in [5.41, 5.74) is 13.0. The zero-order chi connectivity index (χ0) is 26.7. The van der Waals surface area contributed by atoms with Crippen molar-refractivity contribution in [3.05, 3.63) is 65.2 Å². The van der Waals surface area contributed by atoms with Gasteiger partial charge in [0.1, 0.15) is 12.1 Å². The van der Waals surface area contributed by atoms with Crippen LogP contribution in [0.15, 0.2) is 48.5 Å². The molecule has 202 valence electrons. The summed E-state index contributed by atoms with van der Waals surface area (Å²) in [6, 6.07) is 10.7. The Hall–Kier alpha value is -4.22. The maximum atomic E-state index is 11.3. The number of carbonyl (C=O) groups is 6. The van der Waals surface area contributed by atoms with Crippen molar-refractivity contribution in [1.82, 2.24) is 0 Å². The van der Waals surface area contributed by atoms with Gasteiger partial charge in [-0.1, -0.05) is 51.3 Å². The van der Waals surface area contributed by atoms with Crippen LogP contribution in [0.1, 0.15) is 50.2 Å². The molecule has 0 saturated heterocycles. The summed E-state index contributed by atoms with van der Waals surface area (Å²) < 4.78 is 0. The average molecular weight is 518 g/mol. The van der Waals surface area contributed by atoms with Crippen LogP contribution in [-0.4, -0.2) is 57.5 Å². The molecule has 0 aromatic heterocycles. The predicted octanol–water partition coefficient (Wildman–Crippen LogP) is 1.85. The second-order valence-electron chi connectivity index (χ2n) is 7.59.